The SMILES string of the molecule is O=C(C=Cc1ccc(Cl)c(Cl)c1)NCc1cnc[nH]1. The van der Waals surface area contributed by atoms with Gasteiger partial charge >= 0.3 is 0 Å². The molecular formula is C13H11Cl2N3O. The number of imidazole rings is 1. The van der Waals surface area contributed by atoms with Crippen molar-refractivity contribution in [2.75, 3.05) is 0 Å². The van der Waals surface area contributed by atoms with E-state index in [9.17, 15) is 4.79 Å². The number of carbonyl (C=O) groups is 1. The second kappa shape index (κ2) is 6.41. The zero-order valence-corrected chi connectivity index (χ0v) is 11.4. The first kappa shape index (κ1) is 13.6. The first-order valence-corrected chi connectivity index (χ1v) is 6.29. The third-order valence-corrected chi connectivity index (χ3v) is 3.12. The van der Waals surface area contributed by atoms with E-state index in [0.29, 0.717) is 16.6 Å². The Morgan fingerprint density at radius 3 is 2.89 bits per heavy atom. The number of hydrogen-bond acceptors (Lipinski definition) is 2. The molecule has 0 saturated heterocycles. The summed E-state index contributed by atoms with van der Waals surface area (Å²) in [6.07, 6.45) is 6.33. The monoisotopic (exact) mass is 295 g/mol. The second-order valence-electron chi connectivity index (χ2n) is 3.80. The Hall–Kier alpha value is -1.78. The van der Waals surface area contributed by atoms with Crippen molar-refractivity contribution in [1.82, 2.24) is 15.3 Å². The van der Waals surface area contributed by atoms with E-state index in [4.69, 9.17) is 23.2 Å². The highest BCUT2D eigenvalue weighted by atomic mass is 35.5. The fraction of sp³-hybridized carbons (Fsp3) is 0.0769. The summed E-state index contributed by atoms with van der Waals surface area (Å²) >= 11 is 11.7. The summed E-state index contributed by atoms with van der Waals surface area (Å²) in [5, 5.41) is 3.67. The topological polar surface area (TPSA) is 57.8 Å². The zero-order valence-electron chi connectivity index (χ0n) is 9.86. The van der Waals surface area contributed by atoms with E-state index in [0.717, 1.165) is 11.3 Å². The first-order valence-electron chi connectivity index (χ1n) is 5.53. The number of rotatable bonds is 4. The lowest BCUT2D eigenvalue weighted by molar-refractivity contribution is -0.116. The van der Waals surface area contributed by atoms with Gasteiger partial charge in [0.1, 0.15) is 0 Å². The fourth-order valence-electron chi connectivity index (χ4n) is 1.41. The van der Waals surface area contributed by atoms with Crippen LogP contribution in [0.1, 0.15) is 11.3 Å². The molecule has 4 nitrogen and oxygen atoms in total. The van der Waals surface area contributed by atoms with Crippen LogP contribution in [0.25, 0.3) is 6.08 Å². The molecule has 0 aliphatic rings. The van der Waals surface area contributed by atoms with Gasteiger partial charge in [0.15, 0.2) is 0 Å². The summed E-state index contributed by atoms with van der Waals surface area (Å²) in [6.45, 7) is 0.407. The molecule has 2 aromatic rings. The van der Waals surface area contributed by atoms with Crippen LogP contribution in [-0.4, -0.2) is 15.9 Å². The molecule has 0 radical (unpaired) electrons. The third-order valence-electron chi connectivity index (χ3n) is 2.38. The summed E-state index contributed by atoms with van der Waals surface area (Å²) in [5.41, 5.74) is 1.65. The van der Waals surface area contributed by atoms with Crippen molar-refractivity contribution in [3.05, 3.63) is 58.1 Å². The van der Waals surface area contributed by atoms with Gasteiger partial charge in [0, 0.05) is 12.3 Å². The number of aromatic amines is 1. The van der Waals surface area contributed by atoms with Crippen molar-refractivity contribution in [3.63, 3.8) is 0 Å². The predicted molar refractivity (Wildman–Crippen MR) is 75.9 cm³/mol. The third kappa shape index (κ3) is 4.12. The van der Waals surface area contributed by atoms with Crippen molar-refractivity contribution in [2.45, 2.75) is 6.54 Å². The van der Waals surface area contributed by atoms with Gasteiger partial charge in [0.2, 0.25) is 5.91 Å². The highest BCUT2D eigenvalue weighted by molar-refractivity contribution is 6.42. The van der Waals surface area contributed by atoms with Gasteiger partial charge in [0.25, 0.3) is 0 Å². The van der Waals surface area contributed by atoms with Crippen LogP contribution in [-0.2, 0) is 11.3 Å². The number of halogens is 2. The average Bonchev–Trinajstić information content (AvgIpc) is 2.91. The van der Waals surface area contributed by atoms with Gasteiger partial charge in [-0.15, -0.1) is 0 Å². The zero-order chi connectivity index (χ0) is 13.7. The highest BCUT2D eigenvalue weighted by Gasteiger charge is 1.99. The molecule has 0 bridgehead atoms. The summed E-state index contributed by atoms with van der Waals surface area (Å²) in [6, 6.07) is 5.17. The maximum Gasteiger partial charge on any atom is 0.244 e. The van der Waals surface area contributed by atoms with Crippen molar-refractivity contribution in [3.8, 4) is 0 Å². The van der Waals surface area contributed by atoms with Crippen LogP contribution in [0.2, 0.25) is 10.0 Å². The predicted octanol–water partition coefficient (Wildman–Crippen LogP) is 3.05. The van der Waals surface area contributed by atoms with Gasteiger partial charge in [0.05, 0.1) is 28.6 Å². The molecule has 1 aromatic heterocycles. The summed E-state index contributed by atoms with van der Waals surface area (Å²) in [7, 11) is 0. The molecular weight excluding hydrogens is 285 g/mol. The quantitative estimate of drug-likeness (QED) is 0.852. The lowest BCUT2D eigenvalue weighted by Gasteiger charge is -2.00. The number of amides is 1. The van der Waals surface area contributed by atoms with Crippen molar-refractivity contribution >= 4 is 35.2 Å². The maximum atomic E-state index is 11.6. The van der Waals surface area contributed by atoms with Crippen LogP contribution in [0, 0.1) is 0 Å². The molecule has 0 aliphatic heterocycles. The number of nitrogens with zero attached hydrogens (tertiary/aromatic N) is 1. The molecule has 2 N–H and O–H groups in total. The molecule has 1 amide bonds. The highest BCUT2D eigenvalue weighted by Crippen LogP contribution is 2.22. The maximum absolute atomic E-state index is 11.6. The Morgan fingerprint density at radius 1 is 1.37 bits per heavy atom. The number of H-pyrrole nitrogens is 1. The Morgan fingerprint density at radius 2 is 2.21 bits per heavy atom. The molecule has 2 rings (SSSR count). The van der Waals surface area contributed by atoms with Crippen LogP contribution >= 0.6 is 23.2 Å². The number of benzene rings is 1. The smallest absolute Gasteiger partial charge is 0.244 e. The standard InChI is InChI=1S/C13H11Cl2N3O/c14-11-3-1-9(5-12(11)15)2-4-13(19)17-7-10-6-16-8-18-10/h1-6,8H,7H2,(H,16,18)(H,17,19). The normalized spacial score (nSPS) is 10.8. The van der Waals surface area contributed by atoms with Crippen molar-refractivity contribution in [2.24, 2.45) is 0 Å². The molecule has 0 spiro atoms. The second-order valence-corrected chi connectivity index (χ2v) is 4.62. The summed E-state index contributed by atoms with van der Waals surface area (Å²) < 4.78 is 0. The molecule has 1 aromatic carbocycles. The van der Waals surface area contributed by atoms with E-state index in [1.807, 2.05) is 0 Å². The van der Waals surface area contributed by atoms with Crippen LogP contribution in [0.5, 0.6) is 0 Å². The molecule has 0 unspecified atom stereocenters. The van der Waals surface area contributed by atoms with E-state index < -0.39 is 0 Å². The molecule has 0 fully saturated rings. The lowest BCUT2D eigenvalue weighted by Crippen LogP contribution is -2.20. The van der Waals surface area contributed by atoms with Gasteiger partial charge in [-0.2, -0.15) is 0 Å². The molecule has 0 saturated carbocycles. The molecule has 19 heavy (non-hydrogen) atoms. The van der Waals surface area contributed by atoms with Crippen molar-refractivity contribution in [1.29, 1.82) is 0 Å². The summed E-state index contributed by atoms with van der Waals surface area (Å²) in [4.78, 5) is 18.3. The largest absolute Gasteiger partial charge is 0.347 e. The first-order chi connectivity index (χ1) is 9.15. The molecule has 0 aliphatic carbocycles. The van der Waals surface area contributed by atoms with Gasteiger partial charge in [-0.3, -0.25) is 4.79 Å². The van der Waals surface area contributed by atoms with Gasteiger partial charge in [-0.25, -0.2) is 4.98 Å². The molecule has 0 atom stereocenters. The van der Waals surface area contributed by atoms with E-state index in [1.165, 1.54) is 6.08 Å². The van der Waals surface area contributed by atoms with Gasteiger partial charge in [-0.05, 0) is 23.8 Å². The number of aromatic nitrogens is 2. The van der Waals surface area contributed by atoms with E-state index in [-0.39, 0.29) is 5.91 Å². The van der Waals surface area contributed by atoms with Crippen LogP contribution < -0.4 is 5.32 Å². The minimum atomic E-state index is -0.194. The number of nitrogens with one attached hydrogen (secondary N) is 2. The lowest BCUT2D eigenvalue weighted by atomic mass is 10.2. The molecule has 1 heterocycles. The minimum Gasteiger partial charge on any atom is -0.347 e. The van der Waals surface area contributed by atoms with Crippen LogP contribution in [0.15, 0.2) is 36.8 Å². The summed E-state index contributed by atoms with van der Waals surface area (Å²) in [5.74, 6) is -0.194. The average molecular weight is 296 g/mol. The Labute approximate surface area is 120 Å². The Bertz CT molecular complexity index is 594. The van der Waals surface area contributed by atoms with E-state index >= 15 is 0 Å². The van der Waals surface area contributed by atoms with Crippen LogP contribution in [0.3, 0.4) is 0 Å². The minimum absolute atomic E-state index is 0.194. The number of hydrogen-bond donors (Lipinski definition) is 2. The molecule has 6 heteroatoms. The molecule has 98 valence electrons. The number of carbonyl (C=O) groups excluding carboxylic acids is 1. The van der Waals surface area contributed by atoms with Crippen molar-refractivity contribution < 1.29 is 4.79 Å². The van der Waals surface area contributed by atoms with Crippen LogP contribution in [0.4, 0.5) is 0 Å². The Balaban J connectivity index is 1.90. The van der Waals surface area contributed by atoms with E-state index in [2.05, 4.69) is 15.3 Å². The fourth-order valence-corrected chi connectivity index (χ4v) is 1.72. The Kier molecular flexibility index (Phi) is 4.60. The van der Waals surface area contributed by atoms with Gasteiger partial charge < -0.3 is 10.3 Å². The van der Waals surface area contributed by atoms with Gasteiger partial charge in [-0.1, -0.05) is 29.3 Å². The van der Waals surface area contributed by atoms with E-state index in [1.54, 1.807) is 36.8 Å².